The van der Waals surface area contributed by atoms with Gasteiger partial charge in [-0.2, -0.15) is 0 Å². The minimum Gasteiger partial charge on any atom is -0.504 e. The van der Waals surface area contributed by atoms with Crippen molar-refractivity contribution in [1.29, 1.82) is 0 Å². The van der Waals surface area contributed by atoms with Gasteiger partial charge in [-0.3, -0.25) is 0 Å². The molecule has 1 fully saturated rings. The smallest absolute Gasteiger partial charge is 0.162 e. The fourth-order valence-electron chi connectivity index (χ4n) is 2.20. The Morgan fingerprint density at radius 3 is 2.81 bits per heavy atom. The number of nitrogens with one attached hydrogen (secondary N) is 1. The van der Waals surface area contributed by atoms with Gasteiger partial charge in [0.05, 0.1) is 13.5 Å². The minimum atomic E-state index is -0.982. The molecule has 1 aliphatic heterocycles. The van der Waals surface area contributed by atoms with E-state index in [1.807, 2.05) is 0 Å². The van der Waals surface area contributed by atoms with Gasteiger partial charge < -0.3 is 19.9 Å². The predicted molar refractivity (Wildman–Crippen MR) is 80.5 cm³/mol. The number of para-hydroxylation sites is 2. The molecule has 1 heterocycles. The number of rotatable bonds is 4. The van der Waals surface area contributed by atoms with E-state index >= 15 is 0 Å². The Morgan fingerprint density at radius 1 is 1.29 bits per heavy atom. The molecule has 110 valence electrons. The third kappa shape index (κ3) is 3.35. The maximum absolute atomic E-state index is 10.0. The Labute approximate surface area is 131 Å². The molecular weight excluding hydrogens is 266 g/mol. The molecule has 0 amide bonds. The predicted octanol–water partition coefficient (Wildman–Crippen LogP) is 2.50. The maximum Gasteiger partial charge on any atom is 0.162 e. The van der Waals surface area contributed by atoms with Crippen molar-refractivity contribution in [2.24, 2.45) is 0 Å². The number of ether oxygens (including phenoxy) is 2. The molecule has 2 aromatic carbocycles. The van der Waals surface area contributed by atoms with Crippen LogP contribution in [-0.4, -0.2) is 30.9 Å². The summed E-state index contributed by atoms with van der Waals surface area (Å²) in [6.45, 7) is 1.45. The molecule has 0 unspecified atom stereocenters. The first-order valence-corrected chi connectivity index (χ1v) is 6.75. The van der Waals surface area contributed by atoms with Crippen molar-refractivity contribution >= 4 is 0 Å². The summed E-state index contributed by atoms with van der Waals surface area (Å²) >= 11 is 0. The van der Waals surface area contributed by atoms with Crippen LogP contribution in [0.3, 0.4) is 0 Å². The third-order valence-electron chi connectivity index (χ3n) is 3.22. The molecule has 0 radical (unpaired) electrons. The van der Waals surface area contributed by atoms with E-state index in [1.54, 1.807) is 18.2 Å². The zero-order valence-electron chi connectivity index (χ0n) is 16.3. The Kier molecular flexibility index (Phi) is 2.86. The maximum atomic E-state index is 10.0. The van der Waals surface area contributed by atoms with Crippen LogP contribution in [0.25, 0.3) is 0 Å². The van der Waals surface area contributed by atoms with Crippen LogP contribution in [0.5, 0.6) is 11.5 Å². The lowest BCUT2D eigenvalue weighted by Crippen LogP contribution is -2.43. The van der Waals surface area contributed by atoms with E-state index in [1.165, 1.54) is 6.07 Å². The van der Waals surface area contributed by atoms with Crippen LogP contribution >= 0.6 is 0 Å². The number of hydrogen-bond donors (Lipinski definition) is 2. The van der Waals surface area contributed by atoms with Crippen molar-refractivity contribution in [2.45, 2.75) is 12.2 Å². The van der Waals surface area contributed by atoms with E-state index in [2.05, 4.69) is 5.32 Å². The van der Waals surface area contributed by atoms with Crippen molar-refractivity contribution in [3.05, 3.63) is 60.0 Å². The van der Waals surface area contributed by atoms with Crippen LogP contribution in [0.15, 0.2) is 54.5 Å². The highest BCUT2D eigenvalue weighted by molar-refractivity contribution is 5.38. The van der Waals surface area contributed by atoms with E-state index in [0.717, 1.165) is 0 Å². The van der Waals surface area contributed by atoms with Crippen LogP contribution < -0.4 is 10.1 Å². The Balaban J connectivity index is 2.11. The number of hydrogen-bond acceptors (Lipinski definition) is 4. The molecule has 2 aromatic rings. The Morgan fingerprint density at radius 2 is 2.10 bits per heavy atom. The van der Waals surface area contributed by atoms with E-state index < -0.39 is 30.3 Å². The highest BCUT2D eigenvalue weighted by atomic mass is 16.5. The number of morpholine rings is 1. The van der Waals surface area contributed by atoms with Crippen LogP contribution in [-0.2, 0) is 4.74 Å². The first-order chi connectivity index (χ1) is 12.4. The highest BCUT2D eigenvalue weighted by Crippen LogP contribution is 2.32. The fraction of sp³-hybridized carbons (Fsp3) is 0.294. The fourth-order valence-corrected chi connectivity index (χ4v) is 2.20. The second kappa shape index (κ2) is 6.61. The van der Waals surface area contributed by atoms with Gasteiger partial charge >= 0.3 is 0 Å². The molecule has 2 N–H and O–H groups in total. The van der Waals surface area contributed by atoms with Gasteiger partial charge in [-0.15, -0.1) is 0 Å². The van der Waals surface area contributed by atoms with Gasteiger partial charge in [0, 0.05) is 13.1 Å². The highest BCUT2D eigenvalue weighted by Gasteiger charge is 2.28. The van der Waals surface area contributed by atoms with Gasteiger partial charge in [0.2, 0.25) is 0 Å². The monoisotopic (exact) mass is 290 g/mol. The first-order valence-electron chi connectivity index (χ1n) is 9.25. The van der Waals surface area contributed by atoms with Crippen LogP contribution in [0.1, 0.15) is 18.5 Å². The van der Waals surface area contributed by atoms with Gasteiger partial charge in [-0.05, 0) is 17.7 Å². The lowest BCUT2D eigenvalue weighted by molar-refractivity contribution is -0.0438. The van der Waals surface area contributed by atoms with E-state index in [9.17, 15) is 5.11 Å². The second-order valence-corrected chi connectivity index (χ2v) is 4.66. The van der Waals surface area contributed by atoms with Crippen LogP contribution in [0.2, 0.25) is 0 Å². The van der Waals surface area contributed by atoms with Crippen LogP contribution in [0.4, 0.5) is 0 Å². The second-order valence-electron chi connectivity index (χ2n) is 4.66. The summed E-state index contributed by atoms with van der Waals surface area (Å²) in [5, 5.41) is 13.2. The molecule has 0 saturated carbocycles. The molecule has 1 aliphatic rings. The molecule has 4 heteroatoms. The van der Waals surface area contributed by atoms with E-state index in [-0.39, 0.29) is 29.1 Å². The van der Waals surface area contributed by atoms with E-state index in [0.29, 0.717) is 19.7 Å². The lowest BCUT2D eigenvalue weighted by Gasteiger charge is -2.31. The average Bonchev–Trinajstić information content (AvgIpc) is 2.66. The standard InChI is InChI=1S/C17H19NO3/c19-14-8-4-5-9-15(14)21-17(13-6-2-1-3-7-13)16-12-18-10-11-20-16/h1-9,16-19H,10-12H2/t16-,17-/m1/s1/i1D,2D,3D,6D,7D. The third-order valence-corrected chi connectivity index (χ3v) is 3.22. The van der Waals surface area contributed by atoms with Crippen molar-refractivity contribution < 1.29 is 21.4 Å². The summed E-state index contributed by atoms with van der Waals surface area (Å²) in [4.78, 5) is 0. The van der Waals surface area contributed by atoms with Gasteiger partial charge in [0.1, 0.15) is 6.10 Å². The summed E-state index contributed by atoms with van der Waals surface area (Å²) in [5.74, 6) is 0.0483. The van der Waals surface area contributed by atoms with Crippen molar-refractivity contribution in [3.8, 4) is 11.5 Å². The molecule has 0 bridgehead atoms. The van der Waals surface area contributed by atoms with Gasteiger partial charge in [-0.1, -0.05) is 42.3 Å². The largest absolute Gasteiger partial charge is 0.504 e. The Hall–Kier alpha value is -2.04. The zero-order chi connectivity index (χ0) is 18.8. The molecule has 0 spiro atoms. The average molecular weight is 290 g/mol. The van der Waals surface area contributed by atoms with Crippen molar-refractivity contribution in [1.82, 2.24) is 5.32 Å². The molecule has 3 rings (SSSR count). The topological polar surface area (TPSA) is 50.7 Å². The summed E-state index contributed by atoms with van der Waals surface area (Å²) in [5.41, 5.74) is 0.00736. The summed E-state index contributed by atoms with van der Waals surface area (Å²) in [6, 6.07) is 4.30. The summed E-state index contributed by atoms with van der Waals surface area (Å²) < 4.78 is 51.6. The quantitative estimate of drug-likeness (QED) is 0.908. The lowest BCUT2D eigenvalue weighted by atomic mass is 10.0. The van der Waals surface area contributed by atoms with E-state index in [4.69, 9.17) is 16.3 Å². The number of aromatic hydroxyl groups is 1. The molecule has 1 saturated heterocycles. The zero-order valence-corrected chi connectivity index (χ0v) is 11.3. The Bertz CT molecular complexity index is 782. The molecule has 21 heavy (non-hydrogen) atoms. The minimum absolute atomic E-state index is 0.00736. The van der Waals surface area contributed by atoms with Gasteiger partial charge in [0.15, 0.2) is 17.6 Å². The molecule has 0 aliphatic carbocycles. The van der Waals surface area contributed by atoms with Crippen molar-refractivity contribution in [2.75, 3.05) is 19.7 Å². The SMILES string of the molecule is [2H]c1c([2H])c([2H])c([C@@H](Oc2ccccc2O)[C@H]2CNCCO2)c([2H])c1[2H]. The van der Waals surface area contributed by atoms with Gasteiger partial charge in [-0.25, -0.2) is 0 Å². The summed E-state index contributed by atoms with van der Waals surface area (Å²) in [6.07, 6.45) is -1.56. The van der Waals surface area contributed by atoms with Crippen LogP contribution in [0, 0.1) is 0 Å². The van der Waals surface area contributed by atoms with Gasteiger partial charge in [0.25, 0.3) is 0 Å². The number of phenolic OH excluding ortho intramolecular Hbond substituents is 1. The summed E-state index contributed by atoms with van der Waals surface area (Å²) in [7, 11) is 0. The number of phenols is 1. The first kappa shape index (κ1) is 9.07. The molecule has 4 nitrogen and oxygen atoms in total. The number of benzene rings is 2. The van der Waals surface area contributed by atoms with Crippen molar-refractivity contribution in [3.63, 3.8) is 0 Å². The molecular formula is C17H19NO3. The normalized spacial score (nSPS) is 23.2. The molecule has 2 atom stereocenters. The molecule has 0 aromatic heterocycles.